The van der Waals surface area contributed by atoms with Crippen LogP contribution < -0.4 is 4.74 Å². The number of aromatic amines is 1. The number of halogens is 1. The Morgan fingerprint density at radius 3 is 2.59 bits per heavy atom. The van der Waals surface area contributed by atoms with Crippen molar-refractivity contribution in [3.8, 4) is 5.75 Å². The lowest BCUT2D eigenvalue weighted by molar-refractivity contribution is -0.277. The fraction of sp³-hybridized carbons (Fsp3) is 0.429. The van der Waals surface area contributed by atoms with E-state index in [2.05, 4.69) is 4.98 Å². The molecule has 1 aliphatic heterocycles. The number of rotatable bonds is 3. The fourth-order valence-corrected chi connectivity index (χ4v) is 2.73. The van der Waals surface area contributed by atoms with Gasteiger partial charge in [-0.1, -0.05) is 23.7 Å². The highest BCUT2D eigenvalue weighted by Crippen LogP contribution is 2.35. The van der Waals surface area contributed by atoms with Gasteiger partial charge in [-0.2, -0.15) is 0 Å². The second-order valence-corrected chi connectivity index (χ2v) is 5.51. The Bertz CT molecular complexity index is 660. The number of hydrogen-bond acceptors (Lipinski definition) is 6. The molecule has 3 rings (SSSR count). The molecule has 22 heavy (non-hydrogen) atoms. The van der Waals surface area contributed by atoms with E-state index in [-0.39, 0.29) is 10.9 Å². The fourth-order valence-electron chi connectivity index (χ4n) is 2.48. The summed E-state index contributed by atoms with van der Waals surface area (Å²) in [5.74, 6) is 0.265. The average molecular weight is 330 g/mol. The van der Waals surface area contributed by atoms with Gasteiger partial charge in [0.1, 0.15) is 29.6 Å². The quantitative estimate of drug-likeness (QED) is 0.541. The normalized spacial score (nSPS) is 32.3. The molecule has 0 spiro atoms. The zero-order valence-corrected chi connectivity index (χ0v) is 12.1. The van der Waals surface area contributed by atoms with Crippen LogP contribution in [0.1, 0.15) is 0 Å². The Labute approximate surface area is 130 Å². The minimum Gasteiger partial charge on any atom is -0.458 e. The second-order valence-electron chi connectivity index (χ2n) is 5.13. The number of nitrogens with one attached hydrogen (secondary N) is 1. The summed E-state index contributed by atoms with van der Waals surface area (Å²) in [4.78, 5) is 2.92. The van der Waals surface area contributed by atoms with Gasteiger partial charge in [0.15, 0.2) is 5.75 Å². The van der Waals surface area contributed by atoms with Gasteiger partial charge in [0.05, 0.1) is 12.1 Å². The number of hydrogen-bond donors (Lipinski definition) is 5. The Hall–Kier alpha value is -1.35. The molecule has 1 fully saturated rings. The van der Waals surface area contributed by atoms with Gasteiger partial charge in [-0.25, -0.2) is 0 Å². The maximum absolute atomic E-state index is 9.99. The lowest BCUT2D eigenvalue weighted by Crippen LogP contribution is -2.60. The molecule has 120 valence electrons. The van der Waals surface area contributed by atoms with E-state index in [1.54, 1.807) is 18.2 Å². The first kappa shape index (κ1) is 15.5. The van der Waals surface area contributed by atoms with E-state index >= 15 is 0 Å². The Kier molecular flexibility index (Phi) is 4.26. The molecule has 0 radical (unpaired) electrons. The molecule has 8 heteroatoms. The van der Waals surface area contributed by atoms with Crippen molar-refractivity contribution in [1.29, 1.82) is 0 Å². The molecular weight excluding hydrogens is 314 g/mol. The standard InChI is InChI=1S/C14H16ClNO6/c15-13-12(6-3-1-2-4-7(6)16-13)22-14-11(20)10(19)9(18)8(5-17)21-14/h1-4,8-11,14,16-20H,5H2/t8-,9+,10+,11-,14+/m1/s1. The summed E-state index contributed by atoms with van der Waals surface area (Å²) in [7, 11) is 0. The molecule has 1 aliphatic rings. The predicted octanol–water partition coefficient (Wildman–Crippen LogP) is -0.000000000000000278. The third-order valence-corrected chi connectivity index (χ3v) is 3.96. The number of benzene rings is 1. The first-order valence-corrected chi connectivity index (χ1v) is 7.14. The van der Waals surface area contributed by atoms with E-state index in [0.29, 0.717) is 5.39 Å². The monoisotopic (exact) mass is 329 g/mol. The largest absolute Gasteiger partial charge is 0.458 e. The first-order chi connectivity index (χ1) is 10.5. The number of fused-ring (bicyclic) bond motifs is 1. The van der Waals surface area contributed by atoms with E-state index in [9.17, 15) is 20.4 Å². The molecule has 5 atom stereocenters. The minimum absolute atomic E-state index is 0.221. The van der Waals surface area contributed by atoms with Crippen LogP contribution in [0.5, 0.6) is 5.75 Å². The van der Waals surface area contributed by atoms with Crippen molar-refractivity contribution in [3.63, 3.8) is 0 Å². The van der Waals surface area contributed by atoms with Crippen LogP contribution in [-0.4, -0.2) is 62.7 Å². The van der Waals surface area contributed by atoms with E-state index in [4.69, 9.17) is 21.1 Å². The van der Waals surface area contributed by atoms with Gasteiger partial charge in [-0.05, 0) is 12.1 Å². The van der Waals surface area contributed by atoms with Crippen molar-refractivity contribution in [3.05, 3.63) is 29.4 Å². The van der Waals surface area contributed by atoms with Crippen LogP contribution in [0.4, 0.5) is 0 Å². The van der Waals surface area contributed by atoms with Gasteiger partial charge < -0.3 is 34.9 Å². The highest BCUT2D eigenvalue weighted by Gasteiger charge is 2.45. The van der Waals surface area contributed by atoms with Crippen molar-refractivity contribution >= 4 is 22.5 Å². The van der Waals surface area contributed by atoms with Crippen molar-refractivity contribution in [2.75, 3.05) is 6.61 Å². The Morgan fingerprint density at radius 2 is 1.86 bits per heavy atom. The van der Waals surface area contributed by atoms with Crippen LogP contribution in [0, 0.1) is 0 Å². The van der Waals surface area contributed by atoms with Crippen LogP contribution in [0.15, 0.2) is 24.3 Å². The molecule has 0 bridgehead atoms. The maximum Gasteiger partial charge on any atom is 0.229 e. The molecule has 0 unspecified atom stereocenters. The molecule has 2 aromatic rings. The van der Waals surface area contributed by atoms with Crippen molar-refractivity contribution < 1.29 is 29.9 Å². The summed E-state index contributed by atoms with van der Waals surface area (Å²) in [5.41, 5.74) is 0.743. The van der Waals surface area contributed by atoms with Crippen LogP contribution in [0.2, 0.25) is 5.15 Å². The number of para-hydroxylation sites is 1. The van der Waals surface area contributed by atoms with Crippen LogP contribution >= 0.6 is 11.6 Å². The number of aromatic nitrogens is 1. The van der Waals surface area contributed by atoms with Gasteiger partial charge in [0, 0.05) is 5.39 Å². The molecule has 0 saturated carbocycles. The van der Waals surface area contributed by atoms with Crippen LogP contribution in [0.3, 0.4) is 0 Å². The molecule has 5 N–H and O–H groups in total. The van der Waals surface area contributed by atoms with Gasteiger partial charge in [-0.3, -0.25) is 0 Å². The summed E-state index contributed by atoms with van der Waals surface area (Å²) < 4.78 is 10.9. The summed E-state index contributed by atoms with van der Waals surface area (Å²) in [6, 6.07) is 7.21. The molecule has 7 nitrogen and oxygen atoms in total. The van der Waals surface area contributed by atoms with Gasteiger partial charge in [-0.15, -0.1) is 0 Å². The number of H-pyrrole nitrogens is 1. The minimum atomic E-state index is -1.50. The molecule has 2 heterocycles. The molecule has 0 aliphatic carbocycles. The molecule has 1 aromatic carbocycles. The highest BCUT2D eigenvalue weighted by atomic mass is 35.5. The van der Waals surface area contributed by atoms with Gasteiger partial charge in [0.25, 0.3) is 0 Å². The summed E-state index contributed by atoms with van der Waals surface area (Å²) >= 11 is 6.09. The van der Waals surface area contributed by atoms with E-state index < -0.39 is 37.3 Å². The molecular formula is C14H16ClNO6. The first-order valence-electron chi connectivity index (χ1n) is 6.76. The van der Waals surface area contributed by atoms with Crippen molar-refractivity contribution in [2.45, 2.75) is 30.7 Å². The summed E-state index contributed by atoms with van der Waals surface area (Å²) in [5, 5.41) is 39.6. The van der Waals surface area contributed by atoms with Crippen molar-refractivity contribution in [2.24, 2.45) is 0 Å². The topological polar surface area (TPSA) is 115 Å². The average Bonchev–Trinajstić information content (AvgIpc) is 2.83. The zero-order valence-electron chi connectivity index (χ0n) is 11.4. The van der Waals surface area contributed by atoms with Crippen LogP contribution in [-0.2, 0) is 4.74 Å². The number of ether oxygens (including phenoxy) is 2. The lowest BCUT2D eigenvalue weighted by Gasteiger charge is -2.39. The predicted molar refractivity (Wildman–Crippen MR) is 77.7 cm³/mol. The SMILES string of the molecule is OC[C@H]1O[C@@H](Oc2c(Cl)[nH]c3ccccc23)[C@H](O)[C@@H](O)[C@H]1O. The third kappa shape index (κ3) is 2.56. The van der Waals surface area contributed by atoms with Gasteiger partial charge in [0.2, 0.25) is 6.29 Å². The number of aliphatic hydroxyl groups excluding tert-OH is 4. The lowest BCUT2D eigenvalue weighted by atomic mass is 9.99. The molecule has 1 aromatic heterocycles. The highest BCUT2D eigenvalue weighted by molar-refractivity contribution is 6.32. The van der Waals surface area contributed by atoms with E-state index in [1.807, 2.05) is 6.07 Å². The van der Waals surface area contributed by atoms with Crippen LogP contribution in [0.25, 0.3) is 10.9 Å². The Morgan fingerprint density at radius 1 is 1.14 bits per heavy atom. The maximum atomic E-state index is 9.99. The zero-order chi connectivity index (χ0) is 15.9. The second kappa shape index (κ2) is 6.04. The smallest absolute Gasteiger partial charge is 0.229 e. The Balaban J connectivity index is 1.89. The third-order valence-electron chi connectivity index (χ3n) is 3.70. The van der Waals surface area contributed by atoms with Crippen molar-refractivity contribution in [1.82, 2.24) is 4.98 Å². The summed E-state index contributed by atoms with van der Waals surface area (Å²) in [6.07, 6.45) is -6.72. The molecule has 0 amide bonds. The van der Waals surface area contributed by atoms with E-state index in [0.717, 1.165) is 5.52 Å². The summed E-state index contributed by atoms with van der Waals surface area (Å²) in [6.45, 7) is -0.521. The van der Waals surface area contributed by atoms with E-state index in [1.165, 1.54) is 0 Å². The molecule has 1 saturated heterocycles. The number of aliphatic hydroxyl groups is 4. The van der Waals surface area contributed by atoms with Gasteiger partial charge >= 0.3 is 0 Å².